The lowest BCUT2D eigenvalue weighted by atomic mass is 9.94. The Morgan fingerprint density at radius 3 is 2.75 bits per heavy atom. The highest BCUT2D eigenvalue weighted by molar-refractivity contribution is 9.10. The Bertz CT molecular complexity index is 455. The predicted octanol–water partition coefficient (Wildman–Crippen LogP) is 3.24. The van der Waals surface area contributed by atoms with Crippen molar-refractivity contribution in [3.8, 4) is 0 Å². The predicted molar refractivity (Wildman–Crippen MR) is 66.0 cm³/mol. The zero-order chi connectivity index (χ0) is 11.5. The monoisotopic (exact) mass is 280 g/mol. The minimum Gasteiger partial charge on any atom is -0.457 e. The Hall–Kier alpha value is -1.13. The van der Waals surface area contributed by atoms with E-state index in [4.69, 9.17) is 10.2 Å². The molecule has 4 heteroatoms. The molecule has 0 spiro atoms. The van der Waals surface area contributed by atoms with Gasteiger partial charge in [-0.2, -0.15) is 0 Å². The van der Waals surface area contributed by atoms with Gasteiger partial charge in [0, 0.05) is 29.4 Å². The second kappa shape index (κ2) is 4.80. The van der Waals surface area contributed by atoms with E-state index in [0.29, 0.717) is 4.67 Å². The lowest BCUT2D eigenvalue weighted by Gasteiger charge is -2.18. The normalized spacial score (nSPS) is 14.7. The van der Waals surface area contributed by atoms with Crippen molar-refractivity contribution in [3.05, 3.63) is 52.7 Å². The van der Waals surface area contributed by atoms with Crippen LogP contribution in [0.1, 0.15) is 30.1 Å². The van der Waals surface area contributed by atoms with E-state index >= 15 is 0 Å². The molecule has 0 aliphatic rings. The van der Waals surface area contributed by atoms with Gasteiger partial charge in [0.05, 0.1) is 6.26 Å². The highest BCUT2D eigenvalue weighted by Crippen LogP contribution is 2.32. The Kier molecular flexibility index (Phi) is 3.41. The second-order valence-electron chi connectivity index (χ2n) is 3.72. The number of hydrogen-bond donors (Lipinski definition) is 1. The molecule has 84 valence electrons. The summed E-state index contributed by atoms with van der Waals surface area (Å²) in [5.74, 6) is 0.148. The molecular formula is C12H13BrN2O. The van der Waals surface area contributed by atoms with Gasteiger partial charge in [0.2, 0.25) is 0 Å². The zero-order valence-electron chi connectivity index (χ0n) is 8.93. The van der Waals surface area contributed by atoms with Gasteiger partial charge in [-0.3, -0.25) is 4.98 Å². The van der Waals surface area contributed by atoms with Crippen LogP contribution in [0.5, 0.6) is 0 Å². The third-order valence-corrected chi connectivity index (χ3v) is 3.34. The molecule has 2 aromatic heterocycles. The summed E-state index contributed by atoms with van der Waals surface area (Å²) in [6.07, 6.45) is 3.41. The highest BCUT2D eigenvalue weighted by atomic mass is 79.9. The first-order valence-electron chi connectivity index (χ1n) is 5.09. The van der Waals surface area contributed by atoms with Crippen LogP contribution in [-0.2, 0) is 0 Å². The maximum absolute atomic E-state index is 6.19. The van der Waals surface area contributed by atoms with Gasteiger partial charge in [-0.25, -0.2) is 0 Å². The van der Waals surface area contributed by atoms with Gasteiger partial charge in [-0.15, -0.1) is 0 Å². The van der Waals surface area contributed by atoms with Crippen LogP contribution in [0.3, 0.4) is 0 Å². The molecule has 3 nitrogen and oxygen atoms in total. The Morgan fingerprint density at radius 2 is 2.19 bits per heavy atom. The summed E-state index contributed by atoms with van der Waals surface area (Å²) in [5.41, 5.74) is 8.15. The van der Waals surface area contributed by atoms with E-state index in [9.17, 15) is 0 Å². The molecule has 2 heterocycles. The van der Waals surface area contributed by atoms with Gasteiger partial charge < -0.3 is 10.2 Å². The van der Waals surface area contributed by atoms with Crippen molar-refractivity contribution in [1.82, 2.24) is 4.98 Å². The van der Waals surface area contributed by atoms with Crippen LogP contribution < -0.4 is 5.73 Å². The van der Waals surface area contributed by atoms with E-state index in [1.165, 1.54) is 0 Å². The summed E-state index contributed by atoms with van der Waals surface area (Å²) < 4.78 is 5.88. The van der Waals surface area contributed by atoms with E-state index in [1.54, 1.807) is 12.5 Å². The Labute approximate surface area is 103 Å². The molecule has 0 saturated heterocycles. The fourth-order valence-corrected chi connectivity index (χ4v) is 2.15. The van der Waals surface area contributed by atoms with Gasteiger partial charge in [0.25, 0.3) is 0 Å². The molecule has 0 fully saturated rings. The van der Waals surface area contributed by atoms with Crippen LogP contribution in [0.25, 0.3) is 0 Å². The minimum atomic E-state index is -0.122. The Morgan fingerprint density at radius 1 is 1.38 bits per heavy atom. The van der Waals surface area contributed by atoms with Crippen molar-refractivity contribution >= 4 is 15.9 Å². The van der Waals surface area contributed by atoms with Crippen molar-refractivity contribution in [1.29, 1.82) is 0 Å². The smallest absolute Gasteiger partial charge is 0.173 e. The average molecular weight is 281 g/mol. The van der Waals surface area contributed by atoms with Crippen molar-refractivity contribution < 1.29 is 4.42 Å². The van der Waals surface area contributed by atoms with Gasteiger partial charge in [0.1, 0.15) is 0 Å². The van der Waals surface area contributed by atoms with E-state index < -0.39 is 0 Å². The van der Waals surface area contributed by atoms with Crippen molar-refractivity contribution in [2.24, 2.45) is 5.73 Å². The van der Waals surface area contributed by atoms with Crippen LogP contribution in [0, 0.1) is 0 Å². The largest absolute Gasteiger partial charge is 0.457 e. The molecule has 0 amide bonds. The number of nitrogens with zero attached hydrogens (tertiary/aromatic N) is 1. The summed E-state index contributed by atoms with van der Waals surface area (Å²) in [7, 11) is 0. The number of pyridine rings is 1. The lowest BCUT2D eigenvalue weighted by Crippen LogP contribution is -2.18. The molecule has 2 atom stereocenters. The summed E-state index contributed by atoms with van der Waals surface area (Å²) >= 11 is 3.34. The molecule has 16 heavy (non-hydrogen) atoms. The molecule has 0 aromatic carbocycles. The fourth-order valence-electron chi connectivity index (χ4n) is 1.64. The number of halogens is 1. The number of hydrogen-bond acceptors (Lipinski definition) is 3. The first-order chi connectivity index (χ1) is 7.70. The van der Waals surface area contributed by atoms with Crippen LogP contribution >= 0.6 is 15.9 Å². The summed E-state index contributed by atoms with van der Waals surface area (Å²) in [6.45, 7) is 2.06. The number of rotatable bonds is 3. The van der Waals surface area contributed by atoms with Gasteiger partial charge in [0.15, 0.2) is 4.67 Å². The number of aromatic nitrogens is 1. The molecule has 0 radical (unpaired) electrons. The van der Waals surface area contributed by atoms with Gasteiger partial charge in [-0.1, -0.05) is 13.0 Å². The van der Waals surface area contributed by atoms with Crippen LogP contribution in [-0.4, -0.2) is 4.98 Å². The molecule has 0 aliphatic carbocycles. The van der Waals surface area contributed by atoms with Crippen LogP contribution in [0.4, 0.5) is 0 Å². The molecule has 0 bridgehead atoms. The standard InChI is InChI=1S/C12H13BrN2O/c1-8(10-4-2-3-6-15-10)11(14)9-5-7-16-12(9)13/h2-8,11H,14H2,1H3. The molecule has 0 saturated carbocycles. The van der Waals surface area contributed by atoms with E-state index in [0.717, 1.165) is 11.3 Å². The topological polar surface area (TPSA) is 52.0 Å². The molecular weight excluding hydrogens is 268 g/mol. The van der Waals surface area contributed by atoms with E-state index in [1.807, 2.05) is 24.3 Å². The van der Waals surface area contributed by atoms with Crippen LogP contribution in [0.2, 0.25) is 0 Å². The summed E-state index contributed by atoms with van der Waals surface area (Å²) in [6, 6.07) is 7.61. The molecule has 2 aromatic rings. The summed E-state index contributed by atoms with van der Waals surface area (Å²) in [4.78, 5) is 4.31. The zero-order valence-corrected chi connectivity index (χ0v) is 10.5. The lowest BCUT2D eigenvalue weighted by molar-refractivity contribution is 0.518. The first kappa shape index (κ1) is 11.4. The molecule has 0 aliphatic heterocycles. The van der Waals surface area contributed by atoms with E-state index in [2.05, 4.69) is 27.8 Å². The molecule has 2 unspecified atom stereocenters. The first-order valence-corrected chi connectivity index (χ1v) is 5.89. The summed E-state index contributed by atoms with van der Waals surface area (Å²) in [5, 5.41) is 0. The van der Waals surface area contributed by atoms with Gasteiger partial charge >= 0.3 is 0 Å². The van der Waals surface area contributed by atoms with Crippen LogP contribution in [0.15, 0.2) is 45.8 Å². The average Bonchev–Trinajstić information content (AvgIpc) is 2.75. The quantitative estimate of drug-likeness (QED) is 0.939. The van der Waals surface area contributed by atoms with Crippen molar-refractivity contribution in [3.63, 3.8) is 0 Å². The fraction of sp³-hybridized carbons (Fsp3) is 0.250. The van der Waals surface area contributed by atoms with Crippen molar-refractivity contribution in [2.75, 3.05) is 0 Å². The van der Waals surface area contributed by atoms with E-state index in [-0.39, 0.29) is 12.0 Å². The number of nitrogens with two attached hydrogens (primary N) is 1. The SMILES string of the molecule is CC(c1ccccn1)C(N)c1ccoc1Br. The van der Waals surface area contributed by atoms with Gasteiger partial charge in [-0.05, 0) is 34.1 Å². The minimum absolute atomic E-state index is 0.122. The maximum atomic E-state index is 6.19. The third kappa shape index (κ3) is 2.18. The number of furan rings is 1. The second-order valence-corrected chi connectivity index (χ2v) is 4.44. The Balaban J connectivity index is 2.23. The molecule has 2 rings (SSSR count). The van der Waals surface area contributed by atoms with Crippen molar-refractivity contribution in [2.45, 2.75) is 18.9 Å². The highest BCUT2D eigenvalue weighted by Gasteiger charge is 2.21. The maximum Gasteiger partial charge on any atom is 0.173 e. The third-order valence-electron chi connectivity index (χ3n) is 2.70. The molecule has 2 N–H and O–H groups in total.